The molecule has 2 heterocycles. The molecule has 0 saturated carbocycles. The summed E-state index contributed by atoms with van der Waals surface area (Å²) < 4.78 is 26.4. The minimum Gasteiger partial charge on any atom is -0.338 e. The van der Waals surface area contributed by atoms with Gasteiger partial charge >= 0.3 is 6.55 Å². The standard InChI is InChI=1S/C17H16F2N4O/c1-22(11-14-20-8-9-23(14)17(18)19)15(24)10-13-5-2-4-12-6-3-7-21-16(12)13/h2-9,17H,10-11H2,1H3. The number of carbonyl (C=O) groups is 1. The Balaban J connectivity index is 1.75. The Labute approximate surface area is 137 Å². The molecule has 1 amide bonds. The minimum absolute atomic E-state index is 0.0222. The van der Waals surface area contributed by atoms with E-state index in [9.17, 15) is 13.6 Å². The van der Waals surface area contributed by atoms with Crippen LogP contribution in [0.2, 0.25) is 0 Å². The van der Waals surface area contributed by atoms with E-state index in [1.165, 1.54) is 17.3 Å². The van der Waals surface area contributed by atoms with Crippen molar-refractivity contribution in [2.45, 2.75) is 19.5 Å². The predicted octanol–water partition coefficient (Wildman–Crippen LogP) is 3.03. The Kier molecular flexibility index (Phi) is 4.50. The second-order valence-corrected chi connectivity index (χ2v) is 5.45. The van der Waals surface area contributed by atoms with Gasteiger partial charge < -0.3 is 4.90 Å². The summed E-state index contributed by atoms with van der Waals surface area (Å²) in [6, 6.07) is 9.42. The fourth-order valence-corrected chi connectivity index (χ4v) is 2.55. The van der Waals surface area contributed by atoms with Crippen molar-refractivity contribution in [3.05, 3.63) is 60.3 Å². The summed E-state index contributed by atoms with van der Waals surface area (Å²) in [6.07, 6.45) is 4.33. The predicted molar refractivity (Wildman–Crippen MR) is 85.4 cm³/mol. The number of imidazole rings is 1. The number of pyridine rings is 1. The van der Waals surface area contributed by atoms with Gasteiger partial charge in [-0.25, -0.2) is 4.98 Å². The lowest BCUT2D eigenvalue weighted by Gasteiger charge is -2.18. The summed E-state index contributed by atoms with van der Waals surface area (Å²) in [7, 11) is 1.57. The number of para-hydroxylation sites is 1. The van der Waals surface area contributed by atoms with Crippen LogP contribution in [0, 0.1) is 0 Å². The molecule has 0 unspecified atom stereocenters. The topological polar surface area (TPSA) is 51.0 Å². The van der Waals surface area contributed by atoms with E-state index in [2.05, 4.69) is 9.97 Å². The van der Waals surface area contributed by atoms with Crippen LogP contribution in [0.15, 0.2) is 48.9 Å². The first-order valence-electron chi connectivity index (χ1n) is 7.42. The van der Waals surface area contributed by atoms with E-state index in [1.54, 1.807) is 13.2 Å². The molecule has 2 aromatic heterocycles. The van der Waals surface area contributed by atoms with Gasteiger partial charge in [-0.2, -0.15) is 8.78 Å². The number of hydrogen-bond acceptors (Lipinski definition) is 3. The minimum atomic E-state index is -2.67. The normalized spacial score (nSPS) is 11.2. The molecule has 124 valence electrons. The highest BCUT2D eigenvalue weighted by atomic mass is 19.3. The third-order valence-electron chi connectivity index (χ3n) is 3.82. The van der Waals surface area contributed by atoms with Gasteiger partial charge in [-0.05, 0) is 11.6 Å². The summed E-state index contributed by atoms with van der Waals surface area (Å²) in [5.74, 6) is -0.0335. The van der Waals surface area contributed by atoms with Gasteiger partial charge in [-0.3, -0.25) is 14.3 Å². The third kappa shape index (κ3) is 3.24. The van der Waals surface area contributed by atoms with Crippen LogP contribution in [-0.2, 0) is 17.8 Å². The van der Waals surface area contributed by atoms with Gasteiger partial charge in [-0.15, -0.1) is 0 Å². The Hall–Kier alpha value is -2.83. The zero-order valence-corrected chi connectivity index (χ0v) is 13.1. The van der Waals surface area contributed by atoms with Crippen molar-refractivity contribution < 1.29 is 13.6 Å². The largest absolute Gasteiger partial charge is 0.338 e. The number of hydrogen-bond donors (Lipinski definition) is 0. The molecule has 5 nitrogen and oxygen atoms in total. The Bertz CT molecular complexity index is 857. The first-order valence-corrected chi connectivity index (χ1v) is 7.42. The van der Waals surface area contributed by atoms with Gasteiger partial charge in [0.05, 0.1) is 18.5 Å². The zero-order valence-electron chi connectivity index (χ0n) is 13.1. The molecule has 0 N–H and O–H groups in total. The van der Waals surface area contributed by atoms with Crippen molar-refractivity contribution in [3.8, 4) is 0 Å². The molecule has 0 aliphatic heterocycles. The average molecular weight is 330 g/mol. The molecule has 0 aliphatic rings. The molecule has 0 saturated heterocycles. The quantitative estimate of drug-likeness (QED) is 0.722. The number of rotatable bonds is 5. The highest BCUT2D eigenvalue weighted by molar-refractivity contribution is 5.87. The van der Waals surface area contributed by atoms with Crippen LogP contribution in [0.4, 0.5) is 8.78 Å². The first-order chi connectivity index (χ1) is 11.6. The molecule has 0 radical (unpaired) electrons. The summed E-state index contributed by atoms with van der Waals surface area (Å²) >= 11 is 0. The van der Waals surface area contributed by atoms with Crippen LogP contribution >= 0.6 is 0 Å². The Morgan fingerprint density at radius 3 is 2.79 bits per heavy atom. The molecule has 0 spiro atoms. The molecule has 3 rings (SSSR count). The van der Waals surface area contributed by atoms with Gasteiger partial charge in [0, 0.05) is 31.0 Å². The van der Waals surface area contributed by atoms with E-state index < -0.39 is 6.55 Å². The van der Waals surface area contributed by atoms with E-state index in [0.717, 1.165) is 21.0 Å². The fourth-order valence-electron chi connectivity index (χ4n) is 2.55. The van der Waals surface area contributed by atoms with E-state index in [0.29, 0.717) is 0 Å². The van der Waals surface area contributed by atoms with Crippen LogP contribution in [0.5, 0.6) is 0 Å². The van der Waals surface area contributed by atoms with Gasteiger partial charge in [0.2, 0.25) is 5.91 Å². The Morgan fingerprint density at radius 2 is 2.00 bits per heavy atom. The monoisotopic (exact) mass is 330 g/mol. The zero-order chi connectivity index (χ0) is 17.1. The number of carbonyl (C=O) groups excluding carboxylic acids is 1. The van der Waals surface area contributed by atoms with Crippen LogP contribution < -0.4 is 0 Å². The second-order valence-electron chi connectivity index (χ2n) is 5.45. The summed E-state index contributed by atoms with van der Waals surface area (Å²) in [5.41, 5.74) is 1.58. The van der Waals surface area contributed by atoms with Crippen LogP contribution in [0.25, 0.3) is 10.9 Å². The maximum atomic E-state index is 12.8. The van der Waals surface area contributed by atoms with Gasteiger partial charge in [0.15, 0.2) is 0 Å². The molecule has 0 aliphatic carbocycles. The maximum Gasteiger partial charge on any atom is 0.319 e. The number of likely N-dealkylation sites (N-methyl/N-ethyl adjacent to an activating group) is 1. The lowest BCUT2D eigenvalue weighted by Crippen LogP contribution is -2.29. The van der Waals surface area contributed by atoms with Gasteiger partial charge in [-0.1, -0.05) is 24.3 Å². The molecule has 0 bridgehead atoms. The average Bonchev–Trinajstić information content (AvgIpc) is 3.03. The SMILES string of the molecule is CN(Cc1nccn1C(F)F)C(=O)Cc1cccc2cccnc12. The van der Waals surface area contributed by atoms with Gasteiger partial charge in [0.1, 0.15) is 5.82 Å². The van der Waals surface area contributed by atoms with Crippen molar-refractivity contribution in [1.82, 2.24) is 19.4 Å². The summed E-state index contributed by atoms with van der Waals surface area (Å²) in [6.45, 7) is -2.65. The van der Waals surface area contributed by atoms with Crippen LogP contribution in [0.3, 0.4) is 0 Å². The van der Waals surface area contributed by atoms with Gasteiger partial charge in [0.25, 0.3) is 0 Å². The Morgan fingerprint density at radius 1 is 1.21 bits per heavy atom. The fraction of sp³-hybridized carbons (Fsp3) is 0.235. The van der Waals surface area contributed by atoms with E-state index in [-0.39, 0.29) is 24.7 Å². The van der Waals surface area contributed by atoms with Crippen LogP contribution in [0.1, 0.15) is 17.9 Å². The molecule has 24 heavy (non-hydrogen) atoms. The van der Waals surface area contributed by atoms with Crippen molar-refractivity contribution in [2.75, 3.05) is 7.05 Å². The molecular weight excluding hydrogens is 314 g/mol. The lowest BCUT2D eigenvalue weighted by molar-refractivity contribution is -0.129. The highest BCUT2D eigenvalue weighted by Gasteiger charge is 2.17. The molecule has 0 atom stereocenters. The molecule has 0 fully saturated rings. The van der Waals surface area contributed by atoms with Crippen molar-refractivity contribution in [1.29, 1.82) is 0 Å². The number of benzene rings is 1. The highest BCUT2D eigenvalue weighted by Crippen LogP contribution is 2.18. The lowest BCUT2D eigenvalue weighted by atomic mass is 10.1. The molecular formula is C17H16F2N4O. The van der Waals surface area contributed by atoms with E-state index >= 15 is 0 Å². The van der Waals surface area contributed by atoms with Crippen molar-refractivity contribution >= 4 is 16.8 Å². The number of amides is 1. The summed E-state index contributed by atoms with van der Waals surface area (Å²) in [5, 5.41) is 0.957. The van der Waals surface area contributed by atoms with E-state index in [1.807, 2.05) is 30.3 Å². The number of halogens is 2. The number of fused-ring (bicyclic) bond motifs is 1. The number of aromatic nitrogens is 3. The van der Waals surface area contributed by atoms with Crippen LogP contribution in [-0.4, -0.2) is 32.4 Å². The van der Waals surface area contributed by atoms with Crippen molar-refractivity contribution in [3.63, 3.8) is 0 Å². The van der Waals surface area contributed by atoms with E-state index in [4.69, 9.17) is 0 Å². The first kappa shape index (κ1) is 16.0. The number of nitrogens with zero attached hydrogens (tertiary/aromatic N) is 4. The molecule has 7 heteroatoms. The second kappa shape index (κ2) is 6.74. The molecule has 1 aromatic carbocycles. The molecule has 3 aromatic rings. The third-order valence-corrected chi connectivity index (χ3v) is 3.82. The van der Waals surface area contributed by atoms with Crippen molar-refractivity contribution in [2.24, 2.45) is 0 Å². The summed E-state index contributed by atoms with van der Waals surface area (Å²) in [4.78, 5) is 22.0. The smallest absolute Gasteiger partial charge is 0.319 e. The maximum absolute atomic E-state index is 12.8. The number of alkyl halides is 2.